The summed E-state index contributed by atoms with van der Waals surface area (Å²) in [5, 5.41) is 1.06. The number of rotatable bonds is 12. The topological polar surface area (TPSA) is 39.2 Å². The first-order chi connectivity index (χ1) is 12.3. The van der Waals surface area contributed by atoms with E-state index in [0.717, 1.165) is 29.3 Å². The molecule has 136 valence electrons. The molecule has 0 N–H and O–H groups in total. The van der Waals surface area contributed by atoms with Gasteiger partial charge >= 0.3 is 5.97 Å². The molecule has 0 aliphatic heterocycles. The number of ether oxygens (including phenoxy) is 1. The molecule has 0 saturated carbocycles. The van der Waals surface area contributed by atoms with E-state index in [1.54, 1.807) is 6.20 Å². The average molecular weight is 341 g/mol. The Balaban J connectivity index is 1.58. The van der Waals surface area contributed by atoms with Crippen LogP contribution in [0.4, 0.5) is 0 Å². The van der Waals surface area contributed by atoms with Crippen molar-refractivity contribution >= 4 is 16.9 Å². The van der Waals surface area contributed by atoms with Crippen LogP contribution in [0.1, 0.15) is 76.7 Å². The number of carbonyl (C=O) groups is 1. The molecule has 2 aromatic rings. The highest BCUT2D eigenvalue weighted by molar-refractivity contribution is 5.82. The van der Waals surface area contributed by atoms with Crippen molar-refractivity contribution in [1.82, 2.24) is 4.98 Å². The van der Waals surface area contributed by atoms with E-state index in [1.165, 1.54) is 44.9 Å². The molecule has 0 aliphatic carbocycles. The number of hydrogen-bond donors (Lipinski definition) is 0. The Bertz CT molecular complexity index is 633. The van der Waals surface area contributed by atoms with Crippen molar-refractivity contribution in [1.29, 1.82) is 0 Å². The molecule has 0 fully saturated rings. The molecular formula is C22H31NO2. The van der Waals surface area contributed by atoms with Crippen molar-refractivity contribution in [3.8, 4) is 0 Å². The predicted molar refractivity (Wildman–Crippen MR) is 103 cm³/mol. The third kappa shape index (κ3) is 7.25. The van der Waals surface area contributed by atoms with Gasteiger partial charge in [-0.1, -0.05) is 76.5 Å². The lowest BCUT2D eigenvalue weighted by molar-refractivity contribution is -0.145. The summed E-state index contributed by atoms with van der Waals surface area (Å²) in [7, 11) is 0. The van der Waals surface area contributed by atoms with Crippen molar-refractivity contribution in [2.45, 2.75) is 77.7 Å². The summed E-state index contributed by atoms with van der Waals surface area (Å²) in [4.78, 5) is 16.3. The molecule has 3 heteroatoms. The fourth-order valence-corrected chi connectivity index (χ4v) is 3.09. The Morgan fingerprint density at radius 1 is 0.920 bits per heavy atom. The molecule has 0 amide bonds. The van der Waals surface area contributed by atoms with Crippen molar-refractivity contribution in [3.05, 3.63) is 42.1 Å². The van der Waals surface area contributed by atoms with Crippen LogP contribution in [0.25, 0.3) is 10.9 Å². The number of pyridine rings is 1. The highest BCUT2D eigenvalue weighted by Gasteiger charge is 2.06. The van der Waals surface area contributed by atoms with Crippen LogP contribution in [0, 0.1) is 0 Å². The smallest absolute Gasteiger partial charge is 0.306 e. The first-order valence-electron chi connectivity index (χ1n) is 9.79. The first kappa shape index (κ1) is 19.4. The molecule has 1 aromatic heterocycles. The zero-order valence-electron chi connectivity index (χ0n) is 15.5. The van der Waals surface area contributed by atoms with Gasteiger partial charge in [0.1, 0.15) is 6.61 Å². The number of fused-ring (bicyclic) bond motifs is 1. The lowest BCUT2D eigenvalue weighted by Crippen LogP contribution is -2.04. The van der Waals surface area contributed by atoms with Crippen LogP contribution < -0.4 is 0 Å². The number of hydrogen-bond acceptors (Lipinski definition) is 3. The summed E-state index contributed by atoms with van der Waals surface area (Å²) in [6, 6.07) is 9.87. The summed E-state index contributed by atoms with van der Waals surface area (Å²) in [5.74, 6) is -0.0937. The number of aromatic nitrogens is 1. The van der Waals surface area contributed by atoms with Crippen molar-refractivity contribution < 1.29 is 9.53 Å². The van der Waals surface area contributed by atoms with Crippen LogP contribution in [0.2, 0.25) is 0 Å². The minimum absolute atomic E-state index is 0.0937. The van der Waals surface area contributed by atoms with Crippen LogP contribution in [-0.2, 0) is 16.1 Å². The molecule has 0 spiro atoms. The lowest BCUT2D eigenvalue weighted by atomic mass is 10.1. The lowest BCUT2D eigenvalue weighted by Gasteiger charge is -2.07. The number of benzene rings is 1. The highest BCUT2D eigenvalue weighted by atomic mass is 16.5. The summed E-state index contributed by atoms with van der Waals surface area (Å²) in [6.45, 7) is 2.58. The minimum atomic E-state index is -0.0937. The second-order valence-electron chi connectivity index (χ2n) is 6.73. The van der Waals surface area contributed by atoms with Crippen molar-refractivity contribution in [3.63, 3.8) is 0 Å². The van der Waals surface area contributed by atoms with E-state index >= 15 is 0 Å². The Kier molecular flexibility index (Phi) is 9.03. The van der Waals surface area contributed by atoms with Gasteiger partial charge in [0.05, 0.1) is 5.52 Å². The molecule has 0 bridgehead atoms. The summed E-state index contributed by atoms with van der Waals surface area (Å²) in [5.41, 5.74) is 1.96. The Labute approximate surface area is 151 Å². The van der Waals surface area contributed by atoms with Gasteiger partial charge in [-0.25, -0.2) is 0 Å². The maximum absolute atomic E-state index is 11.9. The van der Waals surface area contributed by atoms with Crippen molar-refractivity contribution in [2.75, 3.05) is 0 Å². The van der Waals surface area contributed by atoms with Crippen LogP contribution in [0.5, 0.6) is 0 Å². The van der Waals surface area contributed by atoms with Crippen LogP contribution in [0.3, 0.4) is 0 Å². The molecule has 1 heterocycles. The number of esters is 1. The molecule has 2 rings (SSSR count). The van der Waals surface area contributed by atoms with Gasteiger partial charge in [0.25, 0.3) is 0 Å². The van der Waals surface area contributed by atoms with Gasteiger partial charge in [0.2, 0.25) is 0 Å². The van der Waals surface area contributed by atoms with Crippen LogP contribution >= 0.6 is 0 Å². The molecule has 0 aliphatic rings. The van der Waals surface area contributed by atoms with E-state index in [0.29, 0.717) is 13.0 Å². The average Bonchev–Trinajstić information content (AvgIpc) is 2.65. The van der Waals surface area contributed by atoms with Crippen molar-refractivity contribution in [2.24, 2.45) is 0 Å². The number of unbranched alkanes of at least 4 members (excludes halogenated alkanes) is 8. The third-order valence-electron chi connectivity index (χ3n) is 4.61. The monoisotopic (exact) mass is 341 g/mol. The fourth-order valence-electron chi connectivity index (χ4n) is 3.09. The largest absolute Gasteiger partial charge is 0.461 e. The number of para-hydroxylation sites is 1. The molecule has 0 saturated heterocycles. The number of carbonyl (C=O) groups excluding carboxylic acids is 1. The van der Waals surface area contributed by atoms with E-state index < -0.39 is 0 Å². The molecule has 25 heavy (non-hydrogen) atoms. The van der Waals surface area contributed by atoms with E-state index in [9.17, 15) is 4.79 Å². The zero-order chi connectivity index (χ0) is 17.7. The minimum Gasteiger partial charge on any atom is -0.461 e. The summed E-state index contributed by atoms with van der Waals surface area (Å²) < 4.78 is 5.44. The maximum Gasteiger partial charge on any atom is 0.306 e. The number of nitrogens with zero attached hydrogens (tertiary/aromatic N) is 1. The molecule has 0 radical (unpaired) electrons. The quantitative estimate of drug-likeness (QED) is 0.341. The Hall–Kier alpha value is -1.90. The van der Waals surface area contributed by atoms with Gasteiger partial charge in [-0.15, -0.1) is 0 Å². The Morgan fingerprint density at radius 3 is 2.36 bits per heavy atom. The molecule has 3 nitrogen and oxygen atoms in total. The van der Waals surface area contributed by atoms with Gasteiger partial charge in [0, 0.05) is 23.6 Å². The molecule has 0 unspecified atom stereocenters. The second kappa shape index (κ2) is 11.6. The molecule has 0 atom stereocenters. The van der Waals surface area contributed by atoms with E-state index in [2.05, 4.69) is 11.9 Å². The zero-order valence-corrected chi connectivity index (χ0v) is 15.5. The fraction of sp³-hybridized carbons (Fsp3) is 0.545. The SMILES string of the molecule is CCCCCCCCCCCC(=O)OCc1ccnc2ccccc12. The maximum atomic E-state index is 11.9. The summed E-state index contributed by atoms with van der Waals surface area (Å²) in [6.07, 6.45) is 13.6. The summed E-state index contributed by atoms with van der Waals surface area (Å²) >= 11 is 0. The van der Waals surface area contributed by atoms with E-state index in [-0.39, 0.29) is 5.97 Å². The molecule has 1 aromatic carbocycles. The van der Waals surface area contributed by atoms with E-state index in [4.69, 9.17) is 4.74 Å². The van der Waals surface area contributed by atoms with Gasteiger partial charge in [-0.05, 0) is 18.6 Å². The van der Waals surface area contributed by atoms with Gasteiger partial charge < -0.3 is 4.74 Å². The third-order valence-corrected chi connectivity index (χ3v) is 4.61. The predicted octanol–water partition coefficient (Wildman–Crippen LogP) is 6.20. The van der Waals surface area contributed by atoms with E-state index in [1.807, 2.05) is 30.3 Å². The van der Waals surface area contributed by atoms with Crippen LogP contribution in [-0.4, -0.2) is 11.0 Å². The van der Waals surface area contributed by atoms with Gasteiger partial charge in [-0.3, -0.25) is 9.78 Å². The van der Waals surface area contributed by atoms with Gasteiger partial charge in [-0.2, -0.15) is 0 Å². The molecular weight excluding hydrogens is 310 g/mol. The normalized spacial score (nSPS) is 10.9. The standard InChI is InChI=1S/C22H31NO2/c1-2-3-4-5-6-7-8-9-10-15-22(24)25-18-19-16-17-23-21-14-12-11-13-20(19)21/h11-14,16-17H,2-10,15,18H2,1H3. The highest BCUT2D eigenvalue weighted by Crippen LogP contribution is 2.17. The second-order valence-corrected chi connectivity index (χ2v) is 6.73. The first-order valence-corrected chi connectivity index (χ1v) is 9.79. The van der Waals surface area contributed by atoms with Crippen LogP contribution in [0.15, 0.2) is 36.5 Å². The van der Waals surface area contributed by atoms with Gasteiger partial charge in [0.15, 0.2) is 0 Å². The Morgan fingerprint density at radius 2 is 1.60 bits per heavy atom.